The lowest BCUT2D eigenvalue weighted by Crippen LogP contribution is -2.52. The molecule has 0 aromatic heterocycles. The van der Waals surface area contributed by atoms with E-state index in [0.29, 0.717) is 0 Å². The van der Waals surface area contributed by atoms with Crippen molar-refractivity contribution in [2.75, 3.05) is 6.61 Å². The SMILES string of the molecule is O=C([O-])COC1(N(Cc2ccccc2)Cc2ccccc2)CCCCC1. The predicted octanol–water partition coefficient (Wildman–Crippen LogP) is 3.12. The van der Waals surface area contributed by atoms with Gasteiger partial charge in [-0.2, -0.15) is 0 Å². The monoisotopic (exact) mass is 352 g/mol. The summed E-state index contributed by atoms with van der Waals surface area (Å²) in [6.07, 6.45) is 4.96. The number of carboxylic acids is 1. The highest BCUT2D eigenvalue weighted by molar-refractivity contribution is 5.65. The molecule has 2 aromatic carbocycles. The van der Waals surface area contributed by atoms with Gasteiger partial charge in [-0.05, 0) is 36.8 Å². The largest absolute Gasteiger partial charge is 0.548 e. The molecular formula is C22H26NO3-. The third-order valence-corrected chi connectivity index (χ3v) is 5.10. The minimum Gasteiger partial charge on any atom is -0.548 e. The lowest BCUT2D eigenvalue weighted by molar-refractivity contribution is -0.316. The number of nitrogens with zero attached hydrogens (tertiary/aromatic N) is 1. The Labute approximate surface area is 155 Å². The molecule has 0 atom stereocenters. The van der Waals surface area contributed by atoms with Gasteiger partial charge in [0.15, 0.2) is 0 Å². The van der Waals surface area contributed by atoms with Gasteiger partial charge < -0.3 is 14.6 Å². The molecular weight excluding hydrogens is 326 g/mol. The third-order valence-electron chi connectivity index (χ3n) is 5.10. The molecule has 0 aliphatic heterocycles. The van der Waals surface area contributed by atoms with Crippen molar-refractivity contribution in [2.24, 2.45) is 0 Å². The molecule has 0 unspecified atom stereocenters. The van der Waals surface area contributed by atoms with E-state index in [-0.39, 0.29) is 6.61 Å². The van der Waals surface area contributed by atoms with Gasteiger partial charge in [0.05, 0.1) is 12.6 Å². The van der Waals surface area contributed by atoms with E-state index in [1.54, 1.807) is 0 Å². The number of hydrogen-bond acceptors (Lipinski definition) is 4. The molecule has 3 rings (SSSR count). The zero-order valence-corrected chi connectivity index (χ0v) is 15.1. The van der Waals surface area contributed by atoms with Crippen LogP contribution in [0.25, 0.3) is 0 Å². The van der Waals surface area contributed by atoms with Crippen LogP contribution in [-0.2, 0) is 22.6 Å². The van der Waals surface area contributed by atoms with Crippen LogP contribution in [0.1, 0.15) is 43.2 Å². The highest BCUT2D eigenvalue weighted by atomic mass is 16.5. The molecule has 0 N–H and O–H groups in total. The summed E-state index contributed by atoms with van der Waals surface area (Å²) in [5.74, 6) is -1.16. The van der Waals surface area contributed by atoms with Crippen molar-refractivity contribution in [1.29, 1.82) is 0 Å². The van der Waals surface area contributed by atoms with Gasteiger partial charge in [0.2, 0.25) is 0 Å². The lowest BCUT2D eigenvalue weighted by atomic mass is 9.89. The normalized spacial score (nSPS) is 16.5. The number of carbonyl (C=O) groups excluding carboxylic acids is 1. The Morgan fingerprint density at radius 3 is 1.85 bits per heavy atom. The third kappa shape index (κ3) is 4.93. The van der Waals surface area contributed by atoms with Crippen molar-refractivity contribution in [3.8, 4) is 0 Å². The predicted molar refractivity (Wildman–Crippen MR) is 98.9 cm³/mol. The van der Waals surface area contributed by atoms with Gasteiger partial charge in [-0.15, -0.1) is 0 Å². The van der Waals surface area contributed by atoms with Crippen LogP contribution in [0.5, 0.6) is 0 Å². The number of rotatable bonds is 8. The van der Waals surface area contributed by atoms with Crippen LogP contribution in [0, 0.1) is 0 Å². The first-order chi connectivity index (χ1) is 12.7. The zero-order chi connectivity index (χ0) is 18.2. The van der Waals surface area contributed by atoms with E-state index in [9.17, 15) is 9.90 Å². The molecule has 26 heavy (non-hydrogen) atoms. The highest BCUT2D eigenvalue weighted by Gasteiger charge is 2.39. The molecule has 0 bridgehead atoms. The van der Waals surface area contributed by atoms with E-state index < -0.39 is 11.7 Å². The summed E-state index contributed by atoms with van der Waals surface area (Å²) in [7, 11) is 0. The van der Waals surface area contributed by atoms with Crippen molar-refractivity contribution in [3.63, 3.8) is 0 Å². The molecule has 4 nitrogen and oxygen atoms in total. The lowest BCUT2D eigenvalue weighted by Gasteiger charge is -2.46. The minimum absolute atomic E-state index is 0.361. The van der Waals surface area contributed by atoms with Crippen LogP contribution in [-0.4, -0.2) is 23.2 Å². The fourth-order valence-electron chi connectivity index (χ4n) is 3.80. The van der Waals surface area contributed by atoms with Gasteiger partial charge >= 0.3 is 0 Å². The van der Waals surface area contributed by atoms with Gasteiger partial charge in [-0.3, -0.25) is 4.90 Å². The van der Waals surface area contributed by atoms with Crippen molar-refractivity contribution < 1.29 is 14.6 Å². The van der Waals surface area contributed by atoms with Crippen molar-refractivity contribution in [3.05, 3.63) is 71.8 Å². The van der Waals surface area contributed by atoms with Crippen molar-refractivity contribution >= 4 is 5.97 Å². The Hall–Kier alpha value is -2.17. The summed E-state index contributed by atoms with van der Waals surface area (Å²) < 4.78 is 6.00. The first-order valence-corrected chi connectivity index (χ1v) is 9.35. The number of hydrogen-bond donors (Lipinski definition) is 0. The van der Waals surface area contributed by atoms with Gasteiger partial charge in [0.25, 0.3) is 0 Å². The van der Waals surface area contributed by atoms with Crippen LogP contribution >= 0.6 is 0 Å². The van der Waals surface area contributed by atoms with Crippen LogP contribution < -0.4 is 5.11 Å². The zero-order valence-electron chi connectivity index (χ0n) is 15.1. The summed E-state index contributed by atoms with van der Waals surface area (Å²) in [6.45, 7) is 1.09. The molecule has 1 fully saturated rings. The standard InChI is InChI=1S/C22H27NO3/c24-21(25)18-26-22(14-8-3-9-15-22)23(16-19-10-4-1-5-11-19)17-20-12-6-2-7-13-20/h1-2,4-7,10-13H,3,8-9,14-18H2,(H,24,25)/p-1. The first kappa shape index (κ1) is 18.6. The maximum atomic E-state index is 11.1. The molecule has 4 heteroatoms. The fraction of sp³-hybridized carbons (Fsp3) is 0.409. The van der Waals surface area contributed by atoms with Crippen molar-refractivity contribution in [1.82, 2.24) is 4.90 Å². The second-order valence-corrected chi connectivity index (χ2v) is 6.99. The Balaban J connectivity index is 1.88. The second-order valence-electron chi connectivity index (χ2n) is 6.99. The van der Waals surface area contributed by atoms with Crippen LogP contribution in [0.15, 0.2) is 60.7 Å². The highest BCUT2D eigenvalue weighted by Crippen LogP contribution is 2.37. The van der Waals surface area contributed by atoms with E-state index in [0.717, 1.165) is 38.8 Å². The second kappa shape index (κ2) is 8.97. The quantitative estimate of drug-likeness (QED) is 0.685. The van der Waals surface area contributed by atoms with E-state index >= 15 is 0 Å². The van der Waals surface area contributed by atoms with Gasteiger partial charge in [-0.25, -0.2) is 0 Å². The average molecular weight is 352 g/mol. The average Bonchev–Trinajstić information content (AvgIpc) is 2.68. The first-order valence-electron chi connectivity index (χ1n) is 9.35. The van der Waals surface area contributed by atoms with Crippen LogP contribution in [0.3, 0.4) is 0 Å². The summed E-state index contributed by atoms with van der Waals surface area (Å²) >= 11 is 0. The molecule has 2 aromatic rings. The van der Waals surface area contributed by atoms with E-state index in [2.05, 4.69) is 29.2 Å². The van der Waals surface area contributed by atoms with Gasteiger partial charge in [0.1, 0.15) is 5.72 Å². The summed E-state index contributed by atoms with van der Waals surface area (Å²) in [4.78, 5) is 13.4. The molecule has 0 saturated heterocycles. The number of carbonyl (C=O) groups is 1. The molecule has 0 heterocycles. The Kier molecular flexibility index (Phi) is 6.42. The summed E-state index contributed by atoms with van der Waals surface area (Å²) in [5, 5.41) is 11.1. The molecule has 138 valence electrons. The molecule has 0 radical (unpaired) electrons. The van der Waals surface area contributed by atoms with E-state index in [4.69, 9.17) is 4.74 Å². The Bertz CT molecular complexity index is 640. The summed E-state index contributed by atoms with van der Waals surface area (Å²) in [5.41, 5.74) is 1.85. The molecule has 1 aliphatic rings. The number of carboxylic acid groups (broad SMARTS) is 1. The molecule has 1 aliphatic carbocycles. The van der Waals surface area contributed by atoms with Gasteiger partial charge in [0, 0.05) is 13.1 Å². The van der Waals surface area contributed by atoms with Crippen molar-refractivity contribution in [2.45, 2.75) is 50.9 Å². The Morgan fingerprint density at radius 1 is 0.885 bits per heavy atom. The smallest absolute Gasteiger partial charge is 0.122 e. The van der Waals surface area contributed by atoms with Crippen LogP contribution in [0.2, 0.25) is 0 Å². The van der Waals surface area contributed by atoms with E-state index in [1.807, 2.05) is 36.4 Å². The number of aliphatic carboxylic acids is 1. The fourth-order valence-corrected chi connectivity index (χ4v) is 3.80. The molecule has 0 spiro atoms. The van der Waals surface area contributed by atoms with E-state index in [1.165, 1.54) is 17.5 Å². The number of ether oxygens (including phenoxy) is 1. The molecule has 1 saturated carbocycles. The topological polar surface area (TPSA) is 52.6 Å². The maximum absolute atomic E-state index is 11.1. The number of benzene rings is 2. The maximum Gasteiger partial charge on any atom is 0.122 e. The summed E-state index contributed by atoms with van der Waals surface area (Å²) in [6, 6.07) is 20.6. The Morgan fingerprint density at radius 2 is 1.38 bits per heavy atom. The minimum atomic E-state index is -1.16. The van der Waals surface area contributed by atoms with Gasteiger partial charge in [-0.1, -0.05) is 67.1 Å². The molecule has 0 amide bonds. The van der Waals surface area contributed by atoms with Crippen LogP contribution in [0.4, 0.5) is 0 Å².